The van der Waals surface area contributed by atoms with Crippen LogP contribution in [0.4, 0.5) is 0 Å². The summed E-state index contributed by atoms with van der Waals surface area (Å²) in [5.41, 5.74) is 0. The minimum absolute atomic E-state index is 0. The Morgan fingerprint density at radius 1 is 1.83 bits per heavy atom. The van der Waals surface area contributed by atoms with Crippen LogP contribution >= 0.6 is 0 Å². The van der Waals surface area contributed by atoms with E-state index in [4.69, 9.17) is 0 Å². The monoisotopic (exact) mass is 99.0 g/mol. The molecule has 6 heavy (non-hydrogen) atoms. The van der Waals surface area contributed by atoms with E-state index in [1.165, 1.54) is 6.92 Å². The molecule has 0 aliphatic heterocycles. The van der Waals surface area contributed by atoms with Gasteiger partial charge in [0.05, 0.1) is 0 Å². The van der Waals surface area contributed by atoms with Crippen LogP contribution in [0, 0.1) is 10.1 Å². The zero-order valence-electron chi connectivity index (χ0n) is 2.97. The summed E-state index contributed by atoms with van der Waals surface area (Å²) >= 11 is 0. The number of nitro groups is 1. The van der Waals surface area contributed by atoms with Crippen molar-refractivity contribution in [3.05, 3.63) is 10.1 Å². The molecule has 0 fully saturated rings. The zero-order valence-corrected chi connectivity index (χ0v) is 2.97. The zero-order chi connectivity index (χ0) is 4.28. The molecule has 0 heterocycles. The molecule has 0 aromatic rings. The molecule has 0 N–H and O–H groups in total. The molecule has 0 aliphatic rings. The first-order chi connectivity index (χ1) is 2.27. The van der Waals surface area contributed by atoms with Crippen LogP contribution in [0.1, 0.15) is 6.92 Å². The Hall–Kier alpha value is 0.400. The van der Waals surface area contributed by atoms with Gasteiger partial charge in [0, 0.05) is 11.8 Å². The first-order valence-corrected chi connectivity index (χ1v) is 1.39. The summed E-state index contributed by atoms with van der Waals surface area (Å²) in [4.78, 5) is 8.80. The second-order valence-corrected chi connectivity index (χ2v) is 0.649. The third kappa shape index (κ3) is 8.83. The van der Waals surface area contributed by atoms with E-state index in [-0.39, 0.29) is 41.0 Å². The molecular weight excluding hydrogens is 93.0 g/mol. The second kappa shape index (κ2) is 5.40. The molecule has 0 saturated heterocycles. The van der Waals surface area contributed by atoms with Crippen LogP contribution in [0.25, 0.3) is 0 Å². The van der Waals surface area contributed by atoms with Gasteiger partial charge in [-0.15, -0.1) is 0 Å². The van der Waals surface area contributed by atoms with Gasteiger partial charge >= 0.3 is 29.6 Å². The van der Waals surface area contributed by atoms with Gasteiger partial charge in [-0.05, 0) is 0 Å². The van der Waals surface area contributed by atoms with Crippen molar-refractivity contribution in [1.82, 2.24) is 0 Å². The third-order valence-electron chi connectivity index (χ3n) is 0.258. The predicted octanol–water partition coefficient (Wildman–Crippen LogP) is -0.366. The van der Waals surface area contributed by atoms with Gasteiger partial charge in [0.2, 0.25) is 6.54 Å². The minimum atomic E-state index is -0.375. The molecule has 0 bridgehead atoms. The molecule has 4 heteroatoms. The molecule has 0 amide bonds. The normalized spacial score (nSPS) is 6.17. The first kappa shape index (κ1) is 9.64. The number of hydrogen-bond donors (Lipinski definition) is 0. The Balaban J connectivity index is 0. The van der Waals surface area contributed by atoms with Crippen molar-refractivity contribution in [2.75, 3.05) is 6.54 Å². The maximum absolute atomic E-state index is 9.17. The number of rotatable bonds is 1. The molecule has 0 rings (SSSR count). The van der Waals surface area contributed by atoms with Crippen molar-refractivity contribution in [1.29, 1.82) is 0 Å². The second-order valence-electron chi connectivity index (χ2n) is 0.649. The summed E-state index contributed by atoms with van der Waals surface area (Å²) in [5.74, 6) is 0. The molecule has 0 saturated carbocycles. The summed E-state index contributed by atoms with van der Waals surface area (Å²) in [6.45, 7) is 1.53. The van der Waals surface area contributed by atoms with Crippen LogP contribution in [-0.2, 0) is 0 Å². The number of hydrogen-bond acceptors (Lipinski definition) is 2. The standard InChI is InChI=1S/C2H5NO2.Na.H/c1-2-3(4)5;;/h2H2,1H3;;. The van der Waals surface area contributed by atoms with E-state index in [2.05, 4.69) is 0 Å². The van der Waals surface area contributed by atoms with Gasteiger partial charge in [-0.2, -0.15) is 0 Å². The molecule has 0 radical (unpaired) electrons. The first-order valence-electron chi connectivity index (χ1n) is 1.39. The van der Waals surface area contributed by atoms with Crippen LogP contribution in [0.15, 0.2) is 0 Å². The average Bonchev–Trinajstić information content (AvgIpc) is 1.38. The fourth-order valence-corrected chi connectivity index (χ4v) is 0. The quantitative estimate of drug-likeness (QED) is 0.256. The maximum atomic E-state index is 9.17. The molecule has 0 unspecified atom stereocenters. The average molecular weight is 99.1 g/mol. The van der Waals surface area contributed by atoms with Crippen LogP contribution in [0.5, 0.6) is 0 Å². The predicted molar refractivity (Wildman–Crippen MR) is 24.7 cm³/mol. The van der Waals surface area contributed by atoms with E-state index in [0.717, 1.165) is 0 Å². The summed E-state index contributed by atoms with van der Waals surface area (Å²) < 4.78 is 0. The number of nitrogens with zero attached hydrogens (tertiary/aromatic N) is 1. The van der Waals surface area contributed by atoms with Crippen molar-refractivity contribution in [3.8, 4) is 0 Å². The van der Waals surface area contributed by atoms with E-state index in [0.29, 0.717) is 0 Å². The molecule has 0 aromatic carbocycles. The third-order valence-corrected chi connectivity index (χ3v) is 0.258. The van der Waals surface area contributed by atoms with Gasteiger partial charge in [0.25, 0.3) is 0 Å². The van der Waals surface area contributed by atoms with Crippen molar-refractivity contribution in [2.45, 2.75) is 6.92 Å². The Morgan fingerprint density at radius 3 is 2.00 bits per heavy atom. The van der Waals surface area contributed by atoms with Gasteiger partial charge < -0.3 is 0 Å². The molecule has 0 aliphatic carbocycles. The topological polar surface area (TPSA) is 43.1 Å². The van der Waals surface area contributed by atoms with Crippen LogP contribution in [0.3, 0.4) is 0 Å². The fourth-order valence-electron chi connectivity index (χ4n) is 0. The summed E-state index contributed by atoms with van der Waals surface area (Å²) in [7, 11) is 0. The van der Waals surface area contributed by atoms with Gasteiger partial charge in [-0.3, -0.25) is 10.1 Å². The van der Waals surface area contributed by atoms with Gasteiger partial charge in [0.1, 0.15) is 0 Å². The molecule has 0 aromatic heterocycles. The Labute approximate surface area is 58.2 Å². The fraction of sp³-hybridized carbons (Fsp3) is 1.00. The Morgan fingerprint density at radius 2 is 2.00 bits per heavy atom. The Bertz CT molecular complexity index is 46.8. The molecular formula is C2H6NNaO2. The SMILES string of the molecule is CC[N+](=O)[O-].[NaH]. The van der Waals surface area contributed by atoms with E-state index >= 15 is 0 Å². The van der Waals surface area contributed by atoms with Gasteiger partial charge in [0.15, 0.2) is 0 Å². The summed E-state index contributed by atoms with van der Waals surface area (Å²) in [5, 5.41) is 9.17. The Kier molecular flexibility index (Phi) is 8.68. The van der Waals surface area contributed by atoms with E-state index in [9.17, 15) is 10.1 Å². The van der Waals surface area contributed by atoms with E-state index in [1.807, 2.05) is 0 Å². The molecule has 0 spiro atoms. The van der Waals surface area contributed by atoms with Gasteiger partial charge in [-0.1, -0.05) is 0 Å². The van der Waals surface area contributed by atoms with Crippen LogP contribution < -0.4 is 0 Å². The summed E-state index contributed by atoms with van der Waals surface area (Å²) in [6, 6.07) is 0. The van der Waals surface area contributed by atoms with Crippen LogP contribution in [-0.4, -0.2) is 41.0 Å². The van der Waals surface area contributed by atoms with E-state index < -0.39 is 0 Å². The molecule has 3 nitrogen and oxygen atoms in total. The van der Waals surface area contributed by atoms with Crippen LogP contribution in [0.2, 0.25) is 0 Å². The van der Waals surface area contributed by atoms with Crippen molar-refractivity contribution in [2.24, 2.45) is 0 Å². The molecule has 0 atom stereocenters. The van der Waals surface area contributed by atoms with Gasteiger partial charge in [-0.25, -0.2) is 0 Å². The van der Waals surface area contributed by atoms with Crippen molar-refractivity contribution < 1.29 is 4.92 Å². The molecule has 32 valence electrons. The van der Waals surface area contributed by atoms with Crippen molar-refractivity contribution in [3.63, 3.8) is 0 Å². The summed E-state index contributed by atoms with van der Waals surface area (Å²) in [6.07, 6.45) is 0. The van der Waals surface area contributed by atoms with E-state index in [1.54, 1.807) is 0 Å². The van der Waals surface area contributed by atoms with Crippen molar-refractivity contribution >= 4 is 29.6 Å².